The molecule has 3 rings (SSSR count). The minimum atomic E-state index is -3.77. The fraction of sp³-hybridized carbons (Fsp3) is 0.467. The Hall–Kier alpha value is -1.29. The van der Waals surface area contributed by atoms with Crippen molar-refractivity contribution >= 4 is 44.5 Å². The molecule has 0 spiro atoms. The highest BCUT2D eigenvalue weighted by Crippen LogP contribution is 2.32. The smallest absolute Gasteiger partial charge is 0.289 e. The number of piperidine rings is 1. The number of imide groups is 1. The van der Waals surface area contributed by atoms with Gasteiger partial charge in [-0.1, -0.05) is 23.4 Å². The molecule has 2 heterocycles. The maximum Gasteiger partial charge on any atom is 0.289 e. The average Bonchev–Trinajstić information content (AvgIpc) is 2.93. The third-order valence-electron chi connectivity index (χ3n) is 4.32. The predicted molar refractivity (Wildman–Crippen MR) is 94.5 cm³/mol. The van der Waals surface area contributed by atoms with Crippen LogP contribution in [0.3, 0.4) is 0 Å². The molecule has 2 fully saturated rings. The van der Waals surface area contributed by atoms with Crippen molar-refractivity contribution in [1.82, 2.24) is 9.21 Å². The number of rotatable bonds is 4. The Bertz CT molecular complexity index is 790. The SMILES string of the molecule is COc1ccc(Cl)cc1S(=O)(=O)N1CCC(N2C(=O)CSC2=O)CC1. The average molecular weight is 405 g/mol. The molecular formula is C15H17ClN2O5S2. The highest BCUT2D eigenvalue weighted by molar-refractivity contribution is 8.14. The van der Waals surface area contributed by atoms with E-state index in [-0.39, 0.29) is 46.7 Å². The number of methoxy groups -OCH3 is 1. The van der Waals surface area contributed by atoms with Gasteiger partial charge >= 0.3 is 0 Å². The van der Waals surface area contributed by atoms with Crippen molar-refractivity contribution in [3.63, 3.8) is 0 Å². The molecule has 0 unspecified atom stereocenters. The summed E-state index contributed by atoms with van der Waals surface area (Å²) in [6.07, 6.45) is 0.834. The number of amides is 2. The van der Waals surface area contributed by atoms with Crippen LogP contribution in [0.15, 0.2) is 23.1 Å². The van der Waals surface area contributed by atoms with E-state index in [4.69, 9.17) is 16.3 Å². The second kappa shape index (κ2) is 7.14. The molecule has 7 nitrogen and oxygen atoms in total. The van der Waals surface area contributed by atoms with Crippen LogP contribution in [0.25, 0.3) is 0 Å². The fourth-order valence-corrected chi connectivity index (χ4v) is 5.71. The van der Waals surface area contributed by atoms with Crippen LogP contribution in [0.5, 0.6) is 5.75 Å². The summed E-state index contributed by atoms with van der Waals surface area (Å²) in [7, 11) is -2.37. The van der Waals surface area contributed by atoms with Crippen molar-refractivity contribution in [3.05, 3.63) is 23.2 Å². The highest BCUT2D eigenvalue weighted by Gasteiger charge is 2.39. The van der Waals surface area contributed by atoms with Crippen LogP contribution in [0, 0.1) is 0 Å². The van der Waals surface area contributed by atoms with Crippen molar-refractivity contribution in [2.75, 3.05) is 26.0 Å². The normalized spacial score (nSPS) is 20.3. The van der Waals surface area contributed by atoms with E-state index in [2.05, 4.69) is 0 Å². The van der Waals surface area contributed by atoms with Crippen molar-refractivity contribution in [2.45, 2.75) is 23.8 Å². The summed E-state index contributed by atoms with van der Waals surface area (Å²) in [6.45, 7) is 0.453. The number of benzene rings is 1. The number of thioether (sulfide) groups is 1. The zero-order valence-corrected chi connectivity index (χ0v) is 15.9. The Morgan fingerprint density at radius 1 is 1.24 bits per heavy atom. The molecule has 136 valence electrons. The zero-order chi connectivity index (χ0) is 18.2. The van der Waals surface area contributed by atoms with Gasteiger partial charge in [-0.25, -0.2) is 8.42 Å². The van der Waals surface area contributed by atoms with Crippen molar-refractivity contribution in [2.24, 2.45) is 0 Å². The Morgan fingerprint density at radius 2 is 1.92 bits per heavy atom. The van der Waals surface area contributed by atoms with Gasteiger partial charge in [0.25, 0.3) is 5.24 Å². The molecule has 0 radical (unpaired) electrons. The number of carbonyl (C=O) groups is 2. The monoisotopic (exact) mass is 404 g/mol. The van der Waals surface area contributed by atoms with E-state index in [1.165, 1.54) is 28.4 Å². The lowest BCUT2D eigenvalue weighted by Gasteiger charge is -2.34. The second-order valence-electron chi connectivity index (χ2n) is 5.75. The molecule has 0 bridgehead atoms. The molecule has 1 aromatic rings. The van der Waals surface area contributed by atoms with Gasteiger partial charge in [0.1, 0.15) is 10.6 Å². The highest BCUT2D eigenvalue weighted by atomic mass is 35.5. The Morgan fingerprint density at radius 3 is 2.48 bits per heavy atom. The van der Waals surface area contributed by atoms with Gasteiger partial charge in [0.15, 0.2) is 0 Å². The van der Waals surface area contributed by atoms with E-state index in [0.717, 1.165) is 11.8 Å². The van der Waals surface area contributed by atoms with E-state index in [1.807, 2.05) is 0 Å². The molecule has 0 atom stereocenters. The summed E-state index contributed by atoms with van der Waals surface area (Å²) < 4.78 is 32.3. The van der Waals surface area contributed by atoms with Gasteiger partial charge in [0, 0.05) is 24.2 Å². The van der Waals surface area contributed by atoms with Gasteiger partial charge < -0.3 is 4.74 Å². The van der Waals surface area contributed by atoms with Crippen molar-refractivity contribution in [3.8, 4) is 5.75 Å². The van der Waals surface area contributed by atoms with Crippen LogP contribution in [0.1, 0.15) is 12.8 Å². The largest absolute Gasteiger partial charge is 0.495 e. The fourth-order valence-electron chi connectivity index (χ4n) is 3.05. The lowest BCUT2D eigenvalue weighted by molar-refractivity contribution is -0.126. The van der Waals surface area contributed by atoms with Crippen LogP contribution >= 0.6 is 23.4 Å². The Kier molecular flexibility index (Phi) is 5.29. The Labute approximate surface area is 155 Å². The van der Waals surface area contributed by atoms with Crippen molar-refractivity contribution < 1.29 is 22.7 Å². The lowest BCUT2D eigenvalue weighted by Crippen LogP contribution is -2.48. The topological polar surface area (TPSA) is 84.0 Å². The lowest BCUT2D eigenvalue weighted by atomic mass is 10.1. The van der Waals surface area contributed by atoms with Crippen molar-refractivity contribution in [1.29, 1.82) is 0 Å². The van der Waals surface area contributed by atoms with Gasteiger partial charge in [-0.3, -0.25) is 14.5 Å². The minimum absolute atomic E-state index is 0.0184. The molecule has 0 N–H and O–H groups in total. The van der Waals surface area contributed by atoms with Crippen LogP contribution in [0.2, 0.25) is 5.02 Å². The molecular weight excluding hydrogens is 388 g/mol. The van der Waals surface area contributed by atoms with E-state index in [9.17, 15) is 18.0 Å². The molecule has 2 saturated heterocycles. The minimum Gasteiger partial charge on any atom is -0.495 e. The molecule has 2 aliphatic rings. The van der Waals surface area contributed by atoms with E-state index in [1.54, 1.807) is 6.07 Å². The van der Waals surface area contributed by atoms with E-state index >= 15 is 0 Å². The maximum atomic E-state index is 12.9. The molecule has 10 heteroatoms. The van der Waals surface area contributed by atoms with E-state index in [0.29, 0.717) is 17.9 Å². The number of nitrogens with zero attached hydrogens (tertiary/aromatic N) is 2. The first-order valence-electron chi connectivity index (χ1n) is 7.67. The molecule has 2 amide bonds. The number of sulfonamides is 1. The molecule has 0 aromatic heterocycles. The van der Waals surface area contributed by atoms with E-state index < -0.39 is 10.0 Å². The quantitative estimate of drug-likeness (QED) is 0.764. The summed E-state index contributed by atoms with van der Waals surface area (Å²) in [5, 5.41) is 0.0577. The van der Waals surface area contributed by atoms with Gasteiger partial charge in [0.2, 0.25) is 15.9 Å². The third-order valence-corrected chi connectivity index (χ3v) is 7.31. The Balaban J connectivity index is 1.77. The second-order valence-corrected chi connectivity index (χ2v) is 9.02. The first-order valence-corrected chi connectivity index (χ1v) is 10.5. The summed E-state index contributed by atoms with van der Waals surface area (Å²) >= 11 is 6.93. The summed E-state index contributed by atoms with van der Waals surface area (Å²) in [6, 6.07) is 4.20. The first kappa shape index (κ1) is 18.5. The standard InChI is InChI=1S/C15H17ClN2O5S2/c1-23-12-3-2-10(16)8-13(12)25(21,22)17-6-4-11(5-7-17)18-14(19)9-24-15(18)20/h2-3,8,11H,4-7,9H2,1H3. The van der Waals surface area contributed by atoms with Gasteiger partial charge in [0.05, 0.1) is 12.9 Å². The van der Waals surface area contributed by atoms with Gasteiger partial charge in [-0.2, -0.15) is 4.31 Å². The third kappa shape index (κ3) is 3.51. The summed E-state index contributed by atoms with van der Waals surface area (Å²) in [5.74, 6) is 0.192. The molecule has 25 heavy (non-hydrogen) atoms. The van der Waals surface area contributed by atoms with Crippen LogP contribution in [0.4, 0.5) is 4.79 Å². The van der Waals surface area contributed by atoms with Crippen LogP contribution in [-0.2, 0) is 14.8 Å². The molecule has 2 aliphatic heterocycles. The predicted octanol–water partition coefficient (Wildman–Crippen LogP) is 2.20. The van der Waals surface area contributed by atoms with Gasteiger partial charge in [-0.05, 0) is 31.0 Å². The van der Waals surface area contributed by atoms with Gasteiger partial charge in [-0.15, -0.1) is 0 Å². The number of carbonyl (C=O) groups excluding carboxylic acids is 2. The number of ether oxygens (including phenoxy) is 1. The molecule has 0 aliphatic carbocycles. The first-order chi connectivity index (χ1) is 11.8. The zero-order valence-electron chi connectivity index (χ0n) is 13.5. The molecule has 0 saturated carbocycles. The van der Waals surface area contributed by atoms with Crippen LogP contribution in [-0.4, -0.2) is 60.8 Å². The summed E-state index contributed by atoms with van der Waals surface area (Å²) in [5.41, 5.74) is 0. The van der Waals surface area contributed by atoms with Crippen LogP contribution < -0.4 is 4.74 Å². The molecule has 1 aromatic carbocycles. The number of halogens is 1. The number of hydrogen-bond acceptors (Lipinski definition) is 6. The summed E-state index contributed by atoms with van der Waals surface area (Å²) in [4.78, 5) is 24.9. The maximum absolute atomic E-state index is 12.9. The number of hydrogen-bond donors (Lipinski definition) is 0.